The van der Waals surface area contributed by atoms with Gasteiger partial charge in [0.25, 0.3) is 0 Å². The fraction of sp³-hybridized carbons (Fsp3) is 0.231. The van der Waals surface area contributed by atoms with Crippen LogP contribution >= 0.6 is 12.2 Å². The highest BCUT2D eigenvalue weighted by atomic mass is 32.1. The molecule has 0 saturated carbocycles. The quantitative estimate of drug-likeness (QED) is 0.864. The van der Waals surface area contributed by atoms with E-state index in [2.05, 4.69) is 4.98 Å². The van der Waals surface area contributed by atoms with Gasteiger partial charge in [-0.1, -0.05) is 24.4 Å². The first-order chi connectivity index (χ1) is 8.49. The Morgan fingerprint density at radius 1 is 1.44 bits per heavy atom. The molecule has 1 aromatic carbocycles. The molecule has 0 aliphatic carbocycles. The second-order valence-corrected chi connectivity index (χ2v) is 4.65. The topological polar surface area (TPSA) is 43.8 Å². The number of imidazole rings is 1. The van der Waals surface area contributed by atoms with Gasteiger partial charge in [-0.2, -0.15) is 0 Å². The number of halogens is 1. The Morgan fingerprint density at radius 2 is 2.17 bits per heavy atom. The van der Waals surface area contributed by atoms with Crippen molar-refractivity contribution in [2.75, 3.05) is 0 Å². The Balaban J connectivity index is 2.30. The van der Waals surface area contributed by atoms with Crippen LogP contribution in [0.1, 0.15) is 22.5 Å². The summed E-state index contributed by atoms with van der Waals surface area (Å²) in [4.78, 5) is 4.39. The van der Waals surface area contributed by atoms with Crippen LogP contribution in [-0.2, 0) is 6.54 Å². The number of thiocarbonyl (C=S) groups is 1. The summed E-state index contributed by atoms with van der Waals surface area (Å²) < 4.78 is 15.8. The van der Waals surface area contributed by atoms with Gasteiger partial charge in [-0.25, -0.2) is 9.37 Å². The molecule has 2 aromatic rings. The molecule has 2 N–H and O–H groups in total. The molecule has 0 amide bonds. The fourth-order valence-electron chi connectivity index (χ4n) is 1.72. The van der Waals surface area contributed by atoms with E-state index in [9.17, 15) is 4.39 Å². The van der Waals surface area contributed by atoms with Crippen LogP contribution in [0.2, 0.25) is 0 Å². The van der Waals surface area contributed by atoms with Crippen molar-refractivity contribution in [1.29, 1.82) is 0 Å². The van der Waals surface area contributed by atoms with E-state index >= 15 is 0 Å². The molecule has 94 valence electrons. The number of hydrogen-bond donors (Lipinski definition) is 1. The number of aryl methyl sites for hydroxylation is 1. The van der Waals surface area contributed by atoms with Gasteiger partial charge in [-0.15, -0.1) is 0 Å². The van der Waals surface area contributed by atoms with Crippen molar-refractivity contribution in [3.05, 3.63) is 52.9 Å². The Bertz CT molecular complexity index is 604. The van der Waals surface area contributed by atoms with Crippen molar-refractivity contribution < 1.29 is 4.39 Å². The molecule has 0 saturated heterocycles. The van der Waals surface area contributed by atoms with Crippen LogP contribution in [0.15, 0.2) is 24.5 Å². The third kappa shape index (κ3) is 2.41. The molecular weight excluding hydrogens is 249 g/mol. The van der Waals surface area contributed by atoms with Crippen molar-refractivity contribution in [3.8, 4) is 0 Å². The summed E-state index contributed by atoms with van der Waals surface area (Å²) in [6.45, 7) is 4.35. The lowest BCUT2D eigenvalue weighted by molar-refractivity contribution is 0.597. The lowest BCUT2D eigenvalue weighted by atomic mass is 10.1. The van der Waals surface area contributed by atoms with Crippen molar-refractivity contribution in [2.45, 2.75) is 20.4 Å². The van der Waals surface area contributed by atoms with Gasteiger partial charge >= 0.3 is 0 Å². The third-order valence-electron chi connectivity index (χ3n) is 3.02. The van der Waals surface area contributed by atoms with Gasteiger partial charge < -0.3 is 10.3 Å². The Hall–Kier alpha value is -1.75. The molecule has 1 heterocycles. The molecule has 2 rings (SSSR count). The maximum absolute atomic E-state index is 13.9. The van der Waals surface area contributed by atoms with Crippen LogP contribution in [-0.4, -0.2) is 14.5 Å². The average molecular weight is 263 g/mol. The van der Waals surface area contributed by atoms with Gasteiger partial charge in [0.15, 0.2) is 0 Å². The smallest absolute Gasteiger partial charge is 0.128 e. The van der Waals surface area contributed by atoms with Gasteiger partial charge in [0.05, 0.1) is 18.6 Å². The van der Waals surface area contributed by atoms with E-state index in [0.717, 1.165) is 11.4 Å². The molecule has 0 aliphatic heterocycles. The minimum absolute atomic E-state index is 0.204. The zero-order chi connectivity index (χ0) is 13.3. The molecule has 0 bridgehead atoms. The Labute approximate surface area is 110 Å². The summed E-state index contributed by atoms with van der Waals surface area (Å²) in [5.41, 5.74) is 8.59. The molecule has 18 heavy (non-hydrogen) atoms. The number of nitrogens with two attached hydrogens (primary N) is 1. The molecule has 5 heteroatoms. The summed E-state index contributed by atoms with van der Waals surface area (Å²) >= 11 is 4.81. The maximum atomic E-state index is 13.9. The molecule has 0 atom stereocenters. The number of nitrogens with zero attached hydrogens (tertiary/aromatic N) is 2. The monoisotopic (exact) mass is 263 g/mol. The first kappa shape index (κ1) is 12.7. The molecule has 3 nitrogen and oxygen atoms in total. The number of aromatic nitrogens is 2. The van der Waals surface area contributed by atoms with E-state index in [4.69, 9.17) is 18.0 Å². The van der Waals surface area contributed by atoms with Crippen LogP contribution < -0.4 is 5.73 Å². The van der Waals surface area contributed by atoms with E-state index in [1.165, 1.54) is 6.07 Å². The maximum Gasteiger partial charge on any atom is 0.128 e. The first-order valence-electron chi connectivity index (χ1n) is 5.55. The van der Waals surface area contributed by atoms with Crippen LogP contribution in [0.25, 0.3) is 0 Å². The zero-order valence-corrected chi connectivity index (χ0v) is 11.1. The van der Waals surface area contributed by atoms with E-state index in [1.54, 1.807) is 18.5 Å². The lowest BCUT2D eigenvalue weighted by Crippen LogP contribution is -2.11. The average Bonchev–Trinajstić information content (AvgIpc) is 2.63. The summed E-state index contributed by atoms with van der Waals surface area (Å²) in [6, 6.07) is 4.81. The van der Waals surface area contributed by atoms with Crippen LogP contribution in [0.3, 0.4) is 0 Å². The fourth-order valence-corrected chi connectivity index (χ4v) is 1.84. The minimum atomic E-state index is -0.300. The molecule has 0 spiro atoms. The first-order valence-corrected chi connectivity index (χ1v) is 5.96. The minimum Gasteiger partial charge on any atom is -0.389 e. The second kappa shape index (κ2) is 4.86. The van der Waals surface area contributed by atoms with E-state index in [0.29, 0.717) is 17.7 Å². The van der Waals surface area contributed by atoms with Crippen molar-refractivity contribution >= 4 is 17.2 Å². The van der Waals surface area contributed by atoms with Crippen molar-refractivity contribution in [1.82, 2.24) is 9.55 Å². The van der Waals surface area contributed by atoms with Crippen LogP contribution in [0, 0.1) is 19.7 Å². The zero-order valence-electron chi connectivity index (χ0n) is 10.3. The van der Waals surface area contributed by atoms with Gasteiger partial charge in [-0.3, -0.25) is 0 Å². The highest BCUT2D eigenvalue weighted by Crippen LogP contribution is 2.14. The SMILES string of the molecule is Cc1ncn(Cc2ccc(C(N)=S)cc2F)c1C. The highest BCUT2D eigenvalue weighted by molar-refractivity contribution is 7.80. The molecule has 1 aromatic heterocycles. The Morgan fingerprint density at radius 3 is 2.67 bits per heavy atom. The summed E-state index contributed by atoms with van der Waals surface area (Å²) in [5.74, 6) is -0.300. The second-order valence-electron chi connectivity index (χ2n) is 4.21. The molecule has 0 aliphatic rings. The summed E-state index contributed by atoms with van der Waals surface area (Å²) in [6.07, 6.45) is 1.71. The predicted molar refractivity (Wildman–Crippen MR) is 73.1 cm³/mol. The largest absolute Gasteiger partial charge is 0.389 e. The van der Waals surface area contributed by atoms with E-state index in [1.807, 2.05) is 18.4 Å². The predicted octanol–water partition coefficient (Wildman–Crippen LogP) is 2.32. The molecular formula is C13H14FN3S. The van der Waals surface area contributed by atoms with Gasteiger partial charge in [0.2, 0.25) is 0 Å². The Kier molecular flexibility index (Phi) is 3.43. The molecule has 0 fully saturated rings. The van der Waals surface area contributed by atoms with Gasteiger partial charge in [0.1, 0.15) is 10.8 Å². The van der Waals surface area contributed by atoms with Gasteiger partial charge in [-0.05, 0) is 19.9 Å². The van der Waals surface area contributed by atoms with Crippen molar-refractivity contribution in [2.24, 2.45) is 5.73 Å². The van der Waals surface area contributed by atoms with Crippen molar-refractivity contribution in [3.63, 3.8) is 0 Å². The summed E-state index contributed by atoms with van der Waals surface area (Å²) in [5, 5.41) is 0. The number of rotatable bonds is 3. The van der Waals surface area contributed by atoms with Crippen LogP contribution in [0.4, 0.5) is 4.39 Å². The summed E-state index contributed by atoms with van der Waals surface area (Å²) in [7, 11) is 0. The highest BCUT2D eigenvalue weighted by Gasteiger charge is 2.08. The number of benzene rings is 1. The third-order valence-corrected chi connectivity index (χ3v) is 3.26. The molecule has 0 unspecified atom stereocenters. The standard InChI is InChI=1S/C13H14FN3S/c1-8-9(2)17(7-16-8)6-11-4-3-10(13(15)18)5-12(11)14/h3-5,7H,6H2,1-2H3,(H2,15,18). The van der Waals surface area contributed by atoms with E-state index < -0.39 is 0 Å². The number of hydrogen-bond acceptors (Lipinski definition) is 2. The van der Waals surface area contributed by atoms with Gasteiger partial charge in [0, 0.05) is 16.8 Å². The normalized spacial score (nSPS) is 10.6. The van der Waals surface area contributed by atoms with E-state index in [-0.39, 0.29) is 10.8 Å². The lowest BCUT2D eigenvalue weighted by Gasteiger charge is -2.08. The van der Waals surface area contributed by atoms with Crippen LogP contribution in [0.5, 0.6) is 0 Å². The molecule has 0 radical (unpaired) electrons.